The van der Waals surface area contributed by atoms with Crippen molar-refractivity contribution >= 4 is 21.5 Å². The minimum atomic E-state index is -3.79. The predicted molar refractivity (Wildman–Crippen MR) is 70.6 cm³/mol. The summed E-state index contributed by atoms with van der Waals surface area (Å²) in [6.45, 7) is 1.66. The van der Waals surface area contributed by atoms with Crippen molar-refractivity contribution in [3.63, 3.8) is 0 Å². The van der Waals surface area contributed by atoms with Crippen molar-refractivity contribution in [3.8, 4) is 0 Å². The Labute approximate surface area is 110 Å². The van der Waals surface area contributed by atoms with Crippen LogP contribution in [0.15, 0.2) is 41.4 Å². The number of pyridine rings is 1. The lowest BCUT2D eigenvalue weighted by Crippen LogP contribution is -2.15. The molecule has 1 aromatic heterocycles. The van der Waals surface area contributed by atoms with E-state index in [-0.39, 0.29) is 10.7 Å². The second-order valence-corrected chi connectivity index (χ2v) is 5.64. The number of nitrogens with one attached hydrogen (secondary N) is 1. The van der Waals surface area contributed by atoms with Crippen LogP contribution in [0.1, 0.15) is 5.56 Å². The van der Waals surface area contributed by atoms with Gasteiger partial charge in [-0.2, -0.15) is 0 Å². The topological polar surface area (TPSA) is 85.1 Å². The number of anilines is 2. The summed E-state index contributed by atoms with van der Waals surface area (Å²) in [6, 6.07) is 6.96. The second-order valence-electron chi connectivity index (χ2n) is 3.99. The van der Waals surface area contributed by atoms with E-state index in [1.807, 2.05) is 0 Å². The molecule has 5 nitrogen and oxygen atoms in total. The molecule has 0 spiro atoms. The van der Waals surface area contributed by atoms with E-state index in [1.165, 1.54) is 12.1 Å². The third-order valence-corrected chi connectivity index (χ3v) is 3.96. The molecule has 7 heteroatoms. The summed E-state index contributed by atoms with van der Waals surface area (Å²) in [6.07, 6.45) is 0.935. The summed E-state index contributed by atoms with van der Waals surface area (Å²) in [5.74, 6) is -0.494. The zero-order valence-electron chi connectivity index (χ0n) is 10.1. The molecule has 0 atom stereocenters. The molecule has 0 saturated carbocycles. The third-order valence-electron chi connectivity index (χ3n) is 2.47. The Morgan fingerprint density at radius 2 is 2.00 bits per heavy atom. The molecule has 0 bridgehead atoms. The molecular formula is C12H12FN3O2S. The van der Waals surface area contributed by atoms with E-state index in [0.29, 0.717) is 11.3 Å². The smallest absolute Gasteiger partial charge is 0.263 e. The summed E-state index contributed by atoms with van der Waals surface area (Å²) in [4.78, 5) is 3.71. The van der Waals surface area contributed by atoms with Crippen molar-refractivity contribution < 1.29 is 12.8 Å². The highest BCUT2D eigenvalue weighted by atomic mass is 32.2. The molecule has 19 heavy (non-hydrogen) atoms. The van der Waals surface area contributed by atoms with Crippen LogP contribution >= 0.6 is 0 Å². The van der Waals surface area contributed by atoms with Crippen LogP contribution in [0.3, 0.4) is 0 Å². The zero-order valence-corrected chi connectivity index (χ0v) is 10.9. The van der Waals surface area contributed by atoms with Gasteiger partial charge in [0.15, 0.2) is 0 Å². The van der Waals surface area contributed by atoms with Gasteiger partial charge in [-0.1, -0.05) is 6.07 Å². The number of nitrogens with zero attached hydrogens (tertiary/aromatic N) is 1. The normalized spacial score (nSPS) is 11.3. The molecule has 2 aromatic rings. The average Bonchev–Trinajstić information content (AvgIpc) is 2.35. The van der Waals surface area contributed by atoms with E-state index < -0.39 is 15.8 Å². The number of aromatic nitrogens is 1. The van der Waals surface area contributed by atoms with E-state index in [1.54, 1.807) is 19.1 Å². The van der Waals surface area contributed by atoms with Gasteiger partial charge in [-0.25, -0.2) is 17.8 Å². The lowest BCUT2D eigenvalue weighted by molar-refractivity contribution is 0.600. The summed E-state index contributed by atoms with van der Waals surface area (Å²) in [5.41, 5.74) is 6.48. The number of benzene rings is 1. The molecule has 0 amide bonds. The Hall–Kier alpha value is -2.15. The third kappa shape index (κ3) is 3.00. The number of halogens is 1. The largest absolute Gasteiger partial charge is 0.399 e. The molecule has 0 unspecified atom stereocenters. The summed E-state index contributed by atoms with van der Waals surface area (Å²) in [7, 11) is -3.79. The van der Waals surface area contributed by atoms with Gasteiger partial charge in [-0.3, -0.25) is 4.72 Å². The molecule has 100 valence electrons. The minimum absolute atomic E-state index is 0.0447. The van der Waals surface area contributed by atoms with Crippen LogP contribution < -0.4 is 10.5 Å². The van der Waals surface area contributed by atoms with Gasteiger partial charge < -0.3 is 5.73 Å². The number of nitrogens with two attached hydrogens (primary N) is 1. The van der Waals surface area contributed by atoms with E-state index in [0.717, 1.165) is 12.3 Å². The van der Waals surface area contributed by atoms with Crippen molar-refractivity contribution in [2.75, 3.05) is 10.5 Å². The highest BCUT2D eigenvalue weighted by Crippen LogP contribution is 2.20. The quantitative estimate of drug-likeness (QED) is 0.842. The Balaban J connectivity index is 2.37. The lowest BCUT2D eigenvalue weighted by Gasteiger charge is -2.10. The maximum atomic E-state index is 12.7. The standard InChI is InChI=1S/C12H12FN3O2S/c1-8-2-4-10(14)6-11(8)19(17,18)16-12-5-3-9(13)7-15-12/h2-7H,14H2,1H3,(H,15,16). The highest BCUT2D eigenvalue weighted by molar-refractivity contribution is 7.92. The van der Waals surface area contributed by atoms with Gasteiger partial charge in [0, 0.05) is 5.69 Å². The fraction of sp³-hybridized carbons (Fsp3) is 0.0833. The maximum absolute atomic E-state index is 12.7. The second kappa shape index (κ2) is 4.85. The van der Waals surface area contributed by atoms with Gasteiger partial charge >= 0.3 is 0 Å². The van der Waals surface area contributed by atoms with E-state index in [2.05, 4.69) is 9.71 Å². The van der Waals surface area contributed by atoms with Gasteiger partial charge in [0.2, 0.25) is 0 Å². The molecule has 3 N–H and O–H groups in total. The van der Waals surface area contributed by atoms with Gasteiger partial charge in [0.1, 0.15) is 11.6 Å². The van der Waals surface area contributed by atoms with Crippen LogP contribution in [-0.2, 0) is 10.0 Å². The predicted octanol–water partition coefficient (Wildman–Crippen LogP) is 1.91. The molecule has 1 aromatic carbocycles. The van der Waals surface area contributed by atoms with Crippen molar-refractivity contribution in [2.24, 2.45) is 0 Å². The molecule has 0 aliphatic heterocycles. The fourth-order valence-corrected chi connectivity index (χ4v) is 2.82. The molecular weight excluding hydrogens is 269 g/mol. The van der Waals surface area contributed by atoms with Gasteiger partial charge in [0.25, 0.3) is 10.0 Å². The van der Waals surface area contributed by atoms with Crippen LogP contribution in [0.4, 0.5) is 15.9 Å². The van der Waals surface area contributed by atoms with Gasteiger partial charge in [-0.05, 0) is 36.8 Å². The van der Waals surface area contributed by atoms with Crippen molar-refractivity contribution in [1.29, 1.82) is 0 Å². The van der Waals surface area contributed by atoms with Crippen molar-refractivity contribution in [1.82, 2.24) is 4.98 Å². The number of hydrogen-bond acceptors (Lipinski definition) is 4. The Morgan fingerprint density at radius 1 is 1.26 bits per heavy atom. The molecule has 0 aliphatic carbocycles. The Morgan fingerprint density at radius 3 is 2.63 bits per heavy atom. The number of nitrogen functional groups attached to an aromatic ring is 1. The van der Waals surface area contributed by atoms with Crippen LogP contribution in [-0.4, -0.2) is 13.4 Å². The van der Waals surface area contributed by atoms with Crippen molar-refractivity contribution in [2.45, 2.75) is 11.8 Å². The number of rotatable bonds is 3. The number of sulfonamides is 1. The van der Waals surface area contributed by atoms with Crippen molar-refractivity contribution in [3.05, 3.63) is 47.9 Å². The first-order valence-electron chi connectivity index (χ1n) is 5.39. The lowest BCUT2D eigenvalue weighted by atomic mass is 10.2. The molecule has 0 radical (unpaired) electrons. The monoisotopic (exact) mass is 281 g/mol. The van der Waals surface area contributed by atoms with E-state index >= 15 is 0 Å². The molecule has 1 heterocycles. The maximum Gasteiger partial charge on any atom is 0.263 e. The minimum Gasteiger partial charge on any atom is -0.399 e. The van der Waals surface area contributed by atoms with E-state index in [9.17, 15) is 12.8 Å². The molecule has 2 rings (SSSR count). The highest BCUT2D eigenvalue weighted by Gasteiger charge is 2.17. The average molecular weight is 281 g/mol. The number of hydrogen-bond donors (Lipinski definition) is 2. The molecule has 0 aliphatic rings. The molecule has 0 fully saturated rings. The first kappa shape index (κ1) is 13.3. The zero-order chi connectivity index (χ0) is 14.0. The molecule has 0 saturated heterocycles. The van der Waals surface area contributed by atoms with Gasteiger partial charge in [0.05, 0.1) is 11.1 Å². The number of aryl methyl sites for hydroxylation is 1. The summed E-state index contributed by atoms with van der Waals surface area (Å²) >= 11 is 0. The Kier molecular flexibility index (Phi) is 3.39. The first-order valence-corrected chi connectivity index (χ1v) is 6.87. The SMILES string of the molecule is Cc1ccc(N)cc1S(=O)(=O)Nc1ccc(F)cn1. The van der Waals surface area contributed by atoms with Gasteiger partial charge in [-0.15, -0.1) is 0 Å². The van der Waals surface area contributed by atoms with Crippen LogP contribution in [0.5, 0.6) is 0 Å². The van der Waals surface area contributed by atoms with Crippen LogP contribution in [0, 0.1) is 12.7 Å². The van der Waals surface area contributed by atoms with Crippen LogP contribution in [0.2, 0.25) is 0 Å². The van der Waals surface area contributed by atoms with E-state index in [4.69, 9.17) is 5.73 Å². The summed E-state index contributed by atoms with van der Waals surface area (Å²) in [5, 5.41) is 0. The first-order chi connectivity index (χ1) is 8.88. The van der Waals surface area contributed by atoms with Crippen LogP contribution in [0.25, 0.3) is 0 Å². The Bertz CT molecular complexity index is 699. The summed E-state index contributed by atoms with van der Waals surface area (Å²) < 4.78 is 39.3. The fourth-order valence-electron chi connectivity index (χ4n) is 1.54.